The summed E-state index contributed by atoms with van der Waals surface area (Å²) in [6, 6.07) is 20.6. The van der Waals surface area contributed by atoms with Crippen molar-refractivity contribution in [1.29, 1.82) is 0 Å². The van der Waals surface area contributed by atoms with Crippen molar-refractivity contribution in [3.63, 3.8) is 0 Å². The third-order valence-electron chi connectivity index (χ3n) is 7.33. The molecule has 4 rings (SSSR count). The molecular weight excluding hydrogens is 424 g/mol. The molecule has 182 valence electrons. The van der Waals surface area contributed by atoms with Gasteiger partial charge in [-0.25, -0.2) is 0 Å². The number of hydrogen-bond acceptors (Lipinski definition) is 4. The number of primary amides is 1. The zero-order valence-electron chi connectivity index (χ0n) is 20.0. The van der Waals surface area contributed by atoms with Crippen LogP contribution < -0.4 is 16.4 Å². The van der Waals surface area contributed by atoms with E-state index in [1.165, 1.54) is 12.8 Å². The first-order chi connectivity index (χ1) is 16.6. The lowest BCUT2D eigenvalue weighted by molar-refractivity contribution is -0.124. The predicted molar refractivity (Wildman–Crippen MR) is 135 cm³/mol. The van der Waals surface area contributed by atoms with E-state index in [1.54, 1.807) is 0 Å². The third kappa shape index (κ3) is 5.86. The van der Waals surface area contributed by atoms with Crippen LogP contribution in [0, 0.1) is 5.92 Å². The van der Waals surface area contributed by atoms with Gasteiger partial charge in [0.05, 0.1) is 6.54 Å². The molecule has 1 saturated heterocycles. The second kappa shape index (κ2) is 11.6. The molecule has 0 spiro atoms. The Balaban J connectivity index is 1.30. The van der Waals surface area contributed by atoms with Crippen LogP contribution in [0.25, 0.3) is 0 Å². The van der Waals surface area contributed by atoms with Crippen LogP contribution in [-0.4, -0.2) is 55.5 Å². The van der Waals surface area contributed by atoms with Crippen molar-refractivity contribution in [2.45, 2.75) is 50.0 Å². The summed E-state index contributed by atoms with van der Waals surface area (Å²) in [6.45, 7) is 4.01. The standard InChI is InChI=1S/C28H38N4O2/c29-27(34)28(22-10-4-1-5-11-22,23-12-6-2-7-13-23)24-16-19-32(21-24)18-9-3-8-17-30-26(33)20-31-25-14-15-25/h1-2,4-7,10-13,24-25,31H,3,8-9,14-21H2,(H2,29,34)(H,30,33). The van der Waals surface area contributed by atoms with Crippen LogP contribution in [0.2, 0.25) is 0 Å². The van der Waals surface area contributed by atoms with E-state index in [1.807, 2.05) is 60.7 Å². The van der Waals surface area contributed by atoms with Crippen molar-refractivity contribution < 1.29 is 9.59 Å². The summed E-state index contributed by atoms with van der Waals surface area (Å²) in [4.78, 5) is 27.4. The fourth-order valence-electron chi connectivity index (χ4n) is 5.37. The summed E-state index contributed by atoms with van der Waals surface area (Å²) in [5, 5.41) is 6.25. The summed E-state index contributed by atoms with van der Waals surface area (Å²) in [5.74, 6) is -0.0457. The number of carbonyl (C=O) groups is 2. The van der Waals surface area contributed by atoms with Gasteiger partial charge in [0.25, 0.3) is 0 Å². The molecule has 4 N–H and O–H groups in total. The average molecular weight is 463 g/mol. The van der Waals surface area contributed by atoms with Gasteiger partial charge in [-0.1, -0.05) is 67.1 Å². The number of hydrogen-bond donors (Lipinski definition) is 3. The quantitative estimate of drug-likeness (QED) is 0.400. The number of unbranched alkanes of at least 4 members (excludes halogenated alkanes) is 2. The van der Waals surface area contributed by atoms with Crippen molar-refractivity contribution >= 4 is 11.8 Å². The van der Waals surface area contributed by atoms with Crippen molar-refractivity contribution in [3.05, 3.63) is 71.8 Å². The van der Waals surface area contributed by atoms with E-state index in [4.69, 9.17) is 5.73 Å². The van der Waals surface area contributed by atoms with E-state index >= 15 is 0 Å². The molecule has 0 radical (unpaired) electrons. The predicted octanol–water partition coefficient (Wildman–Crippen LogP) is 2.82. The van der Waals surface area contributed by atoms with Gasteiger partial charge in [-0.2, -0.15) is 0 Å². The molecule has 1 aliphatic heterocycles. The van der Waals surface area contributed by atoms with E-state index in [2.05, 4.69) is 15.5 Å². The zero-order chi connectivity index (χ0) is 23.8. The number of nitrogens with one attached hydrogen (secondary N) is 2. The van der Waals surface area contributed by atoms with Crippen molar-refractivity contribution in [2.75, 3.05) is 32.7 Å². The molecule has 1 heterocycles. The molecule has 2 amide bonds. The molecule has 2 fully saturated rings. The Morgan fingerprint density at radius 3 is 2.15 bits per heavy atom. The fraction of sp³-hybridized carbons (Fsp3) is 0.500. The van der Waals surface area contributed by atoms with Gasteiger partial charge >= 0.3 is 0 Å². The number of amides is 2. The minimum atomic E-state index is -0.823. The van der Waals surface area contributed by atoms with Crippen LogP contribution in [0.5, 0.6) is 0 Å². The van der Waals surface area contributed by atoms with Gasteiger partial charge < -0.3 is 21.3 Å². The molecule has 34 heavy (non-hydrogen) atoms. The minimum absolute atomic E-state index is 0.0962. The molecular formula is C28H38N4O2. The van der Waals surface area contributed by atoms with Gasteiger partial charge in [0.15, 0.2) is 0 Å². The molecule has 6 heteroatoms. The maximum atomic E-state index is 13.2. The molecule has 0 aromatic heterocycles. The van der Waals surface area contributed by atoms with E-state index in [-0.39, 0.29) is 17.7 Å². The van der Waals surface area contributed by atoms with Crippen molar-refractivity contribution in [1.82, 2.24) is 15.5 Å². The second-order valence-corrected chi connectivity index (χ2v) is 9.76. The highest BCUT2D eigenvalue weighted by atomic mass is 16.2. The van der Waals surface area contributed by atoms with Crippen molar-refractivity contribution in [3.8, 4) is 0 Å². The average Bonchev–Trinajstić information content (AvgIpc) is 3.58. The first-order valence-electron chi connectivity index (χ1n) is 12.7. The maximum Gasteiger partial charge on any atom is 0.233 e. The molecule has 1 aliphatic carbocycles. The zero-order valence-corrected chi connectivity index (χ0v) is 20.0. The largest absolute Gasteiger partial charge is 0.369 e. The van der Waals surface area contributed by atoms with Gasteiger partial charge in [-0.3, -0.25) is 9.59 Å². The number of nitrogens with two attached hydrogens (primary N) is 1. The Hall–Kier alpha value is -2.70. The summed E-state index contributed by atoms with van der Waals surface area (Å²) in [6.07, 6.45) is 6.49. The summed E-state index contributed by atoms with van der Waals surface area (Å²) >= 11 is 0. The number of likely N-dealkylation sites (tertiary alicyclic amines) is 1. The van der Waals surface area contributed by atoms with Crippen molar-refractivity contribution in [2.24, 2.45) is 11.7 Å². The van der Waals surface area contributed by atoms with Crippen LogP contribution in [0.15, 0.2) is 60.7 Å². The molecule has 1 unspecified atom stereocenters. The number of nitrogens with zero attached hydrogens (tertiary/aromatic N) is 1. The lowest BCUT2D eigenvalue weighted by atomic mass is 9.64. The SMILES string of the molecule is NC(=O)C(c1ccccc1)(c1ccccc1)C1CCN(CCCCCNC(=O)CNC2CC2)C1. The van der Waals surface area contributed by atoms with E-state index < -0.39 is 5.41 Å². The molecule has 2 aromatic carbocycles. The molecule has 2 aromatic rings. The first-order valence-corrected chi connectivity index (χ1v) is 12.7. The summed E-state index contributed by atoms with van der Waals surface area (Å²) in [5.41, 5.74) is 7.32. The molecule has 1 atom stereocenters. The highest BCUT2D eigenvalue weighted by Gasteiger charge is 2.49. The molecule has 2 aliphatic rings. The number of benzene rings is 2. The smallest absolute Gasteiger partial charge is 0.233 e. The first kappa shape index (κ1) is 24.4. The minimum Gasteiger partial charge on any atom is -0.369 e. The Bertz CT molecular complexity index is 890. The van der Waals surface area contributed by atoms with Crippen LogP contribution >= 0.6 is 0 Å². The Kier molecular flexibility index (Phi) is 8.35. The fourth-order valence-corrected chi connectivity index (χ4v) is 5.37. The maximum absolute atomic E-state index is 13.2. The van der Waals surface area contributed by atoms with Gasteiger partial charge in [0, 0.05) is 19.1 Å². The lowest BCUT2D eigenvalue weighted by Crippen LogP contribution is -2.49. The highest BCUT2D eigenvalue weighted by Crippen LogP contribution is 2.43. The van der Waals surface area contributed by atoms with Gasteiger partial charge in [0.2, 0.25) is 11.8 Å². The third-order valence-corrected chi connectivity index (χ3v) is 7.33. The Labute approximate surface area is 203 Å². The molecule has 0 bridgehead atoms. The molecule has 6 nitrogen and oxygen atoms in total. The van der Waals surface area contributed by atoms with E-state index in [0.717, 1.165) is 63.0 Å². The van der Waals surface area contributed by atoms with Crippen LogP contribution in [0.1, 0.15) is 49.7 Å². The van der Waals surface area contributed by atoms with Gasteiger partial charge in [-0.05, 0) is 62.2 Å². The normalized spacial score (nSPS) is 18.6. The van der Waals surface area contributed by atoms with Gasteiger partial charge in [-0.15, -0.1) is 0 Å². The van der Waals surface area contributed by atoms with Crippen LogP contribution in [0.3, 0.4) is 0 Å². The van der Waals surface area contributed by atoms with Gasteiger partial charge in [0.1, 0.15) is 5.41 Å². The highest BCUT2D eigenvalue weighted by molar-refractivity contribution is 5.91. The number of rotatable bonds is 13. The monoisotopic (exact) mass is 462 g/mol. The lowest BCUT2D eigenvalue weighted by Gasteiger charge is -2.37. The van der Waals surface area contributed by atoms with Crippen LogP contribution in [0.4, 0.5) is 0 Å². The second-order valence-electron chi connectivity index (χ2n) is 9.76. The topological polar surface area (TPSA) is 87.5 Å². The molecule has 1 saturated carbocycles. The number of carbonyl (C=O) groups excluding carboxylic acids is 2. The summed E-state index contributed by atoms with van der Waals surface area (Å²) in [7, 11) is 0. The summed E-state index contributed by atoms with van der Waals surface area (Å²) < 4.78 is 0. The van der Waals surface area contributed by atoms with Crippen LogP contribution in [-0.2, 0) is 15.0 Å². The van der Waals surface area contributed by atoms with E-state index in [9.17, 15) is 9.59 Å². The van der Waals surface area contributed by atoms with E-state index in [0.29, 0.717) is 12.6 Å². The Morgan fingerprint density at radius 2 is 1.56 bits per heavy atom. The Morgan fingerprint density at radius 1 is 0.912 bits per heavy atom.